The molecule has 2 aromatic rings. The van der Waals surface area contributed by atoms with Gasteiger partial charge in [-0.3, -0.25) is 9.48 Å². The van der Waals surface area contributed by atoms with Crippen molar-refractivity contribution in [2.75, 3.05) is 20.3 Å². The highest BCUT2D eigenvalue weighted by atomic mass is 16.5. The fourth-order valence-corrected chi connectivity index (χ4v) is 2.09. The summed E-state index contributed by atoms with van der Waals surface area (Å²) in [6, 6.07) is 7.58. The second kappa shape index (κ2) is 6.49. The highest BCUT2D eigenvalue weighted by Gasteiger charge is 2.15. The summed E-state index contributed by atoms with van der Waals surface area (Å²) in [5.74, 6) is -0.230. The van der Waals surface area contributed by atoms with Crippen LogP contribution in [0.2, 0.25) is 0 Å². The summed E-state index contributed by atoms with van der Waals surface area (Å²) >= 11 is 0. The molecule has 1 atom stereocenters. The van der Waals surface area contributed by atoms with Crippen molar-refractivity contribution in [3.8, 4) is 0 Å². The molecular formula is C14H19N3O3. The number of aliphatic hydroxyl groups excluding tert-OH is 1. The predicted octanol–water partition coefficient (Wildman–Crippen LogP) is 0.700. The number of amides is 1. The van der Waals surface area contributed by atoms with Crippen molar-refractivity contribution >= 4 is 16.8 Å². The zero-order valence-electron chi connectivity index (χ0n) is 11.7. The fraction of sp³-hybridized carbons (Fsp3) is 0.429. The van der Waals surface area contributed by atoms with Gasteiger partial charge < -0.3 is 15.2 Å². The zero-order valence-corrected chi connectivity index (χ0v) is 11.7. The average Bonchev–Trinajstić information content (AvgIpc) is 2.77. The molecule has 0 aliphatic carbocycles. The number of aryl methyl sites for hydroxylation is 1. The summed E-state index contributed by atoms with van der Waals surface area (Å²) in [5, 5.41) is 17.3. The zero-order chi connectivity index (χ0) is 14.5. The Hall–Kier alpha value is -1.92. The Morgan fingerprint density at radius 3 is 3.00 bits per heavy atom. The standard InChI is InChI=1S/C14H19N3O3/c1-17-12-6-4-3-5-11(12)13(16-17)14(19)15-8-7-10(18)9-20-2/h3-6,10,18H,7-9H2,1-2H3,(H,15,19). The van der Waals surface area contributed by atoms with E-state index in [1.807, 2.05) is 24.3 Å². The van der Waals surface area contributed by atoms with Gasteiger partial charge in [0.25, 0.3) is 5.91 Å². The topological polar surface area (TPSA) is 76.4 Å². The van der Waals surface area contributed by atoms with E-state index in [1.54, 1.807) is 11.7 Å². The molecule has 0 saturated heterocycles. The third-order valence-electron chi connectivity index (χ3n) is 3.10. The van der Waals surface area contributed by atoms with Gasteiger partial charge >= 0.3 is 0 Å². The maximum atomic E-state index is 12.1. The van der Waals surface area contributed by atoms with Gasteiger partial charge in [-0.2, -0.15) is 5.10 Å². The molecule has 6 nitrogen and oxygen atoms in total. The van der Waals surface area contributed by atoms with Gasteiger partial charge in [-0.1, -0.05) is 18.2 Å². The normalized spacial score (nSPS) is 12.6. The van der Waals surface area contributed by atoms with Crippen LogP contribution in [0.3, 0.4) is 0 Å². The molecule has 0 fully saturated rings. The summed E-state index contributed by atoms with van der Waals surface area (Å²) in [6.45, 7) is 0.649. The molecule has 0 spiro atoms. The number of aliphatic hydroxyl groups is 1. The SMILES string of the molecule is COCC(O)CCNC(=O)c1nn(C)c2ccccc12. The van der Waals surface area contributed by atoms with Crippen LogP contribution in [-0.2, 0) is 11.8 Å². The van der Waals surface area contributed by atoms with E-state index in [2.05, 4.69) is 10.4 Å². The Morgan fingerprint density at radius 2 is 2.25 bits per heavy atom. The summed E-state index contributed by atoms with van der Waals surface area (Å²) < 4.78 is 6.51. The molecule has 6 heteroatoms. The van der Waals surface area contributed by atoms with Crippen molar-refractivity contribution in [3.05, 3.63) is 30.0 Å². The van der Waals surface area contributed by atoms with Crippen molar-refractivity contribution in [2.24, 2.45) is 7.05 Å². The molecule has 2 N–H and O–H groups in total. The number of ether oxygens (including phenoxy) is 1. The van der Waals surface area contributed by atoms with E-state index in [-0.39, 0.29) is 12.5 Å². The van der Waals surface area contributed by atoms with Crippen LogP contribution in [0.15, 0.2) is 24.3 Å². The number of benzene rings is 1. The second-order valence-electron chi connectivity index (χ2n) is 4.64. The van der Waals surface area contributed by atoms with Crippen molar-refractivity contribution in [1.29, 1.82) is 0 Å². The van der Waals surface area contributed by atoms with Gasteiger partial charge in [0.05, 0.1) is 18.2 Å². The largest absolute Gasteiger partial charge is 0.391 e. The summed E-state index contributed by atoms with van der Waals surface area (Å²) in [7, 11) is 3.34. The molecule has 1 aromatic carbocycles. The van der Waals surface area contributed by atoms with E-state index in [0.717, 1.165) is 10.9 Å². The third kappa shape index (κ3) is 3.15. The first kappa shape index (κ1) is 14.5. The minimum atomic E-state index is -0.569. The number of aromatic nitrogens is 2. The maximum Gasteiger partial charge on any atom is 0.272 e. The van der Waals surface area contributed by atoms with Crippen LogP contribution in [0.1, 0.15) is 16.9 Å². The van der Waals surface area contributed by atoms with Gasteiger partial charge in [0.15, 0.2) is 5.69 Å². The molecule has 0 radical (unpaired) electrons. The number of methoxy groups -OCH3 is 1. The molecular weight excluding hydrogens is 258 g/mol. The lowest BCUT2D eigenvalue weighted by Crippen LogP contribution is -2.29. The van der Waals surface area contributed by atoms with Crippen molar-refractivity contribution in [3.63, 3.8) is 0 Å². The first-order valence-electron chi connectivity index (χ1n) is 6.50. The Morgan fingerprint density at radius 1 is 1.50 bits per heavy atom. The van der Waals surface area contributed by atoms with Crippen LogP contribution in [-0.4, -0.2) is 47.2 Å². The average molecular weight is 277 g/mol. The number of para-hydroxylation sites is 1. The monoisotopic (exact) mass is 277 g/mol. The van der Waals surface area contributed by atoms with Crippen LogP contribution in [0.5, 0.6) is 0 Å². The molecule has 2 rings (SSSR count). The summed E-state index contributed by atoms with van der Waals surface area (Å²) in [4.78, 5) is 12.1. The van der Waals surface area contributed by atoms with Gasteiger partial charge in [0.1, 0.15) is 0 Å². The van der Waals surface area contributed by atoms with E-state index >= 15 is 0 Å². The van der Waals surface area contributed by atoms with E-state index in [9.17, 15) is 9.90 Å². The van der Waals surface area contributed by atoms with Crippen LogP contribution in [0.4, 0.5) is 0 Å². The smallest absolute Gasteiger partial charge is 0.272 e. The van der Waals surface area contributed by atoms with E-state index < -0.39 is 6.10 Å². The minimum absolute atomic E-state index is 0.230. The lowest BCUT2D eigenvalue weighted by molar-refractivity contribution is 0.0587. The molecule has 1 amide bonds. The Kier molecular flexibility index (Phi) is 4.70. The molecule has 0 saturated carbocycles. The molecule has 1 aromatic heterocycles. The Bertz CT molecular complexity index is 594. The fourth-order valence-electron chi connectivity index (χ4n) is 2.09. The molecule has 20 heavy (non-hydrogen) atoms. The number of hydrogen-bond donors (Lipinski definition) is 2. The van der Waals surface area contributed by atoms with Crippen molar-refractivity contribution in [2.45, 2.75) is 12.5 Å². The highest BCUT2D eigenvalue weighted by molar-refractivity contribution is 6.04. The van der Waals surface area contributed by atoms with Crippen LogP contribution >= 0.6 is 0 Å². The number of carbonyl (C=O) groups excluding carboxylic acids is 1. The van der Waals surface area contributed by atoms with E-state index in [0.29, 0.717) is 18.7 Å². The number of nitrogens with zero attached hydrogens (tertiary/aromatic N) is 2. The minimum Gasteiger partial charge on any atom is -0.391 e. The maximum absolute atomic E-state index is 12.1. The molecule has 0 bridgehead atoms. The molecule has 1 heterocycles. The Labute approximate surface area is 117 Å². The van der Waals surface area contributed by atoms with Crippen LogP contribution in [0.25, 0.3) is 10.9 Å². The number of fused-ring (bicyclic) bond motifs is 1. The Balaban J connectivity index is 2.01. The first-order valence-corrected chi connectivity index (χ1v) is 6.50. The lowest BCUT2D eigenvalue weighted by Gasteiger charge is -2.09. The van der Waals surface area contributed by atoms with Gasteiger partial charge in [-0.05, 0) is 12.5 Å². The number of hydrogen-bond acceptors (Lipinski definition) is 4. The highest BCUT2D eigenvalue weighted by Crippen LogP contribution is 2.17. The predicted molar refractivity (Wildman–Crippen MR) is 75.5 cm³/mol. The lowest BCUT2D eigenvalue weighted by atomic mass is 10.2. The third-order valence-corrected chi connectivity index (χ3v) is 3.10. The van der Waals surface area contributed by atoms with Gasteiger partial charge in [-0.15, -0.1) is 0 Å². The number of nitrogens with one attached hydrogen (secondary N) is 1. The van der Waals surface area contributed by atoms with Crippen LogP contribution in [0, 0.1) is 0 Å². The summed E-state index contributed by atoms with van der Waals surface area (Å²) in [6.07, 6.45) is -0.120. The van der Waals surface area contributed by atoms with Gasteiger partial charge in [-0.25, -0.2) is 0 Å². The van der Waals surface area contributed by atoms with Gasteiger partial charge in [0.2, 0.25) is 0 Å². The van der Waals surface area contributed by atoms with Gasteiger partial charge in [0, 0.05) is 26.1 Å². The number of rotatable bonds is 6. The molecule has 1 unspecified atom stereocenters. The second-order valence-corrected chi connectivity index (χ2v) is 4.64. The summed E-state index contributed by atoms with van der Waals surface area (Å²) in [5.41, 5.74) is 1.32. The molecule has 108 valence electrons. The molecule has 0 aliphatic heterocycles. The quantitative estimate of drug-likeness (QED) is 0.815. The first-order chi connectivity index (χ1) is 9.63. The van der Waals surface area contributed by atoms with E-state index in [4.69, 9.17) is 4.74 Å². The number of carbonyl (C=O) groups is 1. The van der Waals surface area contributed by atoms with Crippen molar-refractivity contribution < 1.29 is 14.6 Å². The van der Waals surface area contributed by atoms with Crippen LogP contribution < -0.4 is 5.32 Å². The van der Waals surface area contributed by atoms with Crippen molar-refractivity contribution in [1.82, 2.24) is 15.1 Å². The molecule has 0 aliphatic rings. The van der Waals surface area contributed by atoms with E-state index in [1.165, 1.54) is 7.11 Å².